The smallest absolute Gasteiger partial charge is 0.331 e. The van der Waals surface area contributed by atoms with E-state index in [4.69, 9.17) is 23.8 Å². The Morgan fingerprint density at radius 2 is 1.92 bits per heavy atom. The van der Waals surface area contributed by atoms with Crippen molar-refractivity contribution in [2.45, 2.75) is 39.8 Å². The van der Waals surface area contributed by atoms with Crippen molar-refractivity contribution < 1.29 is 0 Å². The number of hydrogen-bond acceptors (Lipinski definition) is 3. The molecule has 0 unspecified atom stereocenters. The number of aromatic amines is 1. The van der Waals surface area contributed by atoms with Gasteiger partial charge in [-0.1, -0.05) is 49.8 Å². The monoisotopic (exact) mass is 362 g/mol. The molecule has 0 aliphatic rings. The Morgan fingerprint density at radius 1 is 1.25 bits per heavy atom. The summed E-state index contributed by atoms with van der Waals surface area (Å²) in [6, 6.07) is 7.46. The molecule has 0 fully saturated rings. The van der Waals surface area contributed by atoms with Gasteiger partial charge >= 0.3 is 5.69 Å². The van der Waals surface area contributed by atoms with E-state index in [-0.39, 0.29) is 11.6 Å². The maximum Gasteiger partial charge on any atom is 0.331 e. The van der Waals surface area contributed by atoms with Gasteiger partial charge in [0, 0.05) is 17.5 Å². The third-order valence-electron chi connectivity index (χ3n) is 4.00. The lowest BCUT2D eigenvalue weighted by Crippen LogP contribution is -2.31. The van der Waals surface area contributed by atoms with Crippen molar-refractivity contribution in [1.29, 1.82) is 0 Å². The first-order valence-electron chi connectivity index (χ1n) is 7.90. The molecular formula is C17H19ClN4OS. The maximum absolute atomic E-state index is 12.9. The van der Waals surface area contributed by atoms with E-state index in [1.54, 1.807) is 9.13 Å². The van der Waals surface area contributed by atoms with Gasteiger partial charge in [0.15, 0.2) is 5.65 Å². The fourth-order valence-electron chi connectivity index (χ4n) is 2.65. The summed E-state index contributed by atoms with van der Waals surface area (Å²) >= 11 is 11.4. The van der Waals surface area contributed by atoms with Crippen molar-refractivity contribution in [2.75, 3.05) is 0 Å². The summed E-state index contributed by atoms with van der Waals surface area (Å²) in [5, 5.41) is 0.669. The van der Waals surface area contributed by atoms with Crippen molar-refractivity contribution >= 4 is 35.0 Å². The number of rotatable bonds is 4. The highest BCUT2D eigenvalue weighted by Gasteiger charge is 2.16. The van der Waals surface area contributed by atoms with Gasteiger partial charge in [-0.15, -0.1) is 0 Å². The summed E-state index contributed by atoms with van der Waals surface area (Å²) in [5.41, 5.74) is 2.18. The van der Waals surface area contributed by atoms with Crippen LogP contribution in [0.5, 0.6) is 0 Å². The number of nitrogens with one attached hydrogen (secondary N) is 1. The van der Waals surface area contributed by atoms with E-state index in [0.717, 1.165) is 16.9 Å². The molecule has 3 rings (SSSR count). The van der Waals surface area contributed by atoms with Gasteiger partial charge in [-0.25, -0.2) is 9.78 Å². The van der Waals surface area contributed by atoms with Gasteiger partial charge in [0.25, 0.3) is 0 Å². The molecule has 2 heterocycles. The molecule has 126 valence electrons. The van der Waals surface area contributed by atoms with Gasteiger partial charge in [0.1, 0.15) is 16.0 Å². The first-order chi connectivity index (χ1) is 11.4. The molecule has 2 aromatic heterocycles. The second-order valence-corrected chi connectivity index (χ2v) is 6.84. The van der Waals surface area contributed by atoms with Crippen LogP contribution in [0.1, 0.15) is 38.1 Å². The molecule has 0 spiro atoms. The highest BCUT2D eigenvalue weighted by Crippen LogP contribution is 2.18. The lowest BCUT2D eigenvalue weighted by atomic mass is 10.2. The Morgan fingerprint density at radius 3 is 2.50 bits per heavy atom. The van der Waals surface area contributed by atoms with Crippen LogP contribution in [0.3, 0.4) is 0 Å². The number of H-pyrrole nitrogens is 1. The molecule has 0 saturated heterocycles. The highest BCUT2D eigenvalue weighted by molar-refractivity contribution is 7.71. The molecule has 0 radical (unpaired) electrons. The number of aromatic nitrogens is 4. The number of imidazole rings is 1. The number of halogens is 1. The average molecular weight is 363 g/mol. The van der Waals surface area contributed by atoms with Crippen LogP contribution >= 0.6 is 23.8 Å². The summed E-state index contributed by atoms with van der Waals surface area (Å²) in [7, 11) is 0. The summed E-state index contributed by atoms with van der Waals surface area (Å²) in [5.74, 6) is 1.05. The molecule has 0 saturated carbocycles. The van der Waals surface area contributed by atoms with Crippen molar-refractivity contribution in [3.05, 3.63) is 55.8 Å². The zero-order valence-electron chi connectivity index (χ0n) is 13.8. The SMILES string of the molecule is CCn1c(=S)c2[nH]c(C(C)C)nc2n(Cc2ccc(Cl)cc2)c1=O. The molecule has 5 nitrogen and oxygen atoms in total. The minimum absolute atomic E-state index is 0.147. The van der Waals surface area contributed by atoms with E-state index in [1.165, 1.54) is 0 Å². The van der Waals surface area contributed by atoms with Crippen LogP contribution in [-0.4, -0.2) is 19.1 Å². The first kappa shape index (κ1) is 16.9. The van der Waals surface area contributed by atoms with Gasteiger partial charge < -0.3 is 4.98 Å². The Hall–Kier alpha value is -1.92. The number of fused-ring (bicyclic) bond motifs is 1. The minimum Gasteiger partial charge on any atom is -0.338 e. The molecule has 0 bridgehead atoms. The van der Waals surface area contributed by atoms with Gasteiger partial charge in [0.2, 0.25) is 0 Å². The summed E-state index contributed by atoms with van der Waals surface area (Å²) < 4.78 is 3.76. The molecule has 0 atom stereocenters. The van der Waals surface area contributed by atoms with E-state index in [1.807, 2.05) is 31.2 Å². The summed E-state index contributed by atoms with van der Waals surface area (Å²) in [6.07, 6.45) is 0. The third-order valence-corrected chi connectivity index (χ3v) is 4.67. The van der Waals surface area contributed by atoms with Gasteiger partial charge in [-0.3, -0.25) is 9.13 Å². The van der Waals surface area contributed by atoms with E-state index in [0.29, 0.717) is 28.4 Å². The Labute approximate surface area is 149 Å². The zero-order valence-corrected chi connectivity index (χ0v) is 15.4. The van der Waals surface area contributed by atoms with Gasteiger partial charge in [-0.2, -0.15) is 0 Å². The fourth-order valence-corrected chi connectivity index (χ4v) is 3.13. The van der Waals surface area contributed by atoms with Crippen LogP contribution in [-0.2, 0) is 13.1 Å². The molecule has 1 aromatic carbocycles. The van der Waals surface area contributed by atoms with E-state index in [9.17, 15) is 4.79 Å². The molecule has 1 N–H and O–H groups in total. The van der Waals surface area contributed by atoms with E-state index < -0.39 is 0 Å². The highest BCUT2D eigenvalue weighted by atomic mass is 35.5. The average Bonchev–Trinajstić information content (AvgIpc) is 2.99. The third kappa shape index (κ3) is 2.91. The van der Waals surface area contributed by atoms with Crippen molar-refractivity contribution in [3.8, 4) is 0 Å². The summed E-state index contributed by atoms with van der Waals surface area (Å²) in [6.45, 7) is 6.96. The summed E-state index contributed by atoms with van der Waals surface area (Å²) in [4.78, 5) is 20.8. The predicted molar refractivity (Wildman–Crippen MR) is 99.5 cm³/mol. The fraction of sp³-hybridized carbons (Fsp3) is 0.353. The molecule has 0 amide bonds. The normalized spacial score (nSPS) is 11.5. The van der Waals surface area contributed by atoms with Crippen molar-refractivity contribution in [1.82, 2.24) is 19.1 Å². The van der Waals surface area contributed by atoms with Gasteiger partial charge in [-0.05, 0) is 24.6 Å². The standard InChI is InChI=1S/C17H19ClN4OS/c1-4-21-16(24)13-15(20-14(19-13)10(2)3)22(17(21)23)9-11-5-7-12(18)8-6-11/h5-8,10H,4,9H2,1-3H3,(H,19,20). The minimum atomic E-state index is -0.147. The lowest BCUT2D eigenvalue weighted by molar-refractivity contribution is 0.625. The van der Waals surface area contributed by atoms with Crippen LogP contribution in [0.4, 0.5) is 0 Å². The largest absolute Gasteiger partial charge is 0.338 e. The predicted octanol–water partition coefficient (Wildman–Crippen LogP) is 4.10. The number of nitrogens with zero attached hydrogens (tertiary/aromatic N) is 3. The molecular weight excluding hydrogens is 344 g/mol. The Bertz CT molecular complexity index is 998. The molecule has 3 aromatic rings. The van der Waals surface area contributed by atoms with Crippen LogP contribution < -0.4 is 5.69 Å². The van der Waals surface area contributed by atoms with Crippen LogP contribution in [0.2, 0.25) is 5.02 Å². The van der Waals surface area contributed by atoms with E-state index in [2.05, 4.69) is 23.8 Å². The number of benzene rings is 1. The quantitative estimate of drug-likeness (QED) is 0.711. The molecule has 0 aliphatic heterocycles. The molecule has 24 heavy (non-hydrogen) atoms. The maximum atomic E-state index is 12.9. The number of hydrogen-bond donors (Lipinski definition) is 1. The zero-order chi connectivity index (χ0) is 17.4. The van der Waals surface area contributed by atoms with Gasteiger partial charge in [0.05, 0.1) is 6.54 Å². The van der Waals surface area contributed by atoms with Crippen molar-refractivity contribution in [3.63, 3.8) is 0 Å². The van der Waals surface area contributed by atoms with Crippen LogP contribution in [0, 0.1) is 4.64 Å². The topological polar surface area (TPSA) is 55.6 Å². The first-order valence-corrected chi connectivity index (χ1v) is 8.68. The van der Waals surface area contributed by atoms with Crippen LogP contribution in [0.15, 0.2) is 29.1 Å². The molecule has 0 aliphatic carbocycles. The van der Waals surface area contributed by atoms with Crippen LogP contribution in [0.25, 0.3) is 11.2 Å². The Balaban J connectivity index is 2.26. The second kappa shape index (κ2) is 6.53. The van der Waals surface area contributed by atoms with Crippen molar-refractivity contribution in [2.24, 2.45) is 0 Å². The second-order valence-electron chi connectivity index (χ2n) is 6.02. The lowest BCUT2D eigenvalue weighted by Gasteiger charge is -2.11. The Kier molecular flexibility index (Phi) is 4.60. The van der Waals surface area contributed by atoms with E-state index >= 15 is 0 Å². The molecule has 7 heteroatoms.